The Bertz CT molecular complexity index is 1020. The van der Waals surface area contributed by atoms with Crippen LogP contribution in [0.4, 0.5) is 18.9 Å². The maximum absolute atomic E-state index is 12.7. The molecule has 0 fully saturated rings. The molecule has 32 heavy (non-hydrogen) atoms. The van der Waals surface area contributed by atoms with E-state index in [1.165, 1.54) is 30.5 Å². The highest BCUT2D eigenvalue weighted by molar-refractivity contribution is 6.35. The van der Waals surface area contributed by atoms with Gasteiger partial charge in [0.25, 0.3) is 5.91 Å². The van der Waals surface area contributed by atoms with Crippen molar-refractivity contribution in [3.05, 3.63) is 72.3 Å². The van der Waals surface area contributed by atoms with Gasteiger partial charge in [-0.2, -0.15) is 18.3 Å². The number of carbonyl (C=O) groups excluding carboxylic acids is 3. The van der Waals surface area contributed by atoms with Gasteiger partial charge in [-0.1, -0.05) is 24.3 Å². The molecule has 0 aliphatic rings. The number of rotatable bonds is 8. The molecule has 0 radical (unpaired) electrons. The Morgan fingerprint density at radius 1 is 1.06 bits per heavy atom. The number of amides is 3. The minimum absolute atomic E-state index is 0.0119. The van der Waals surface area contributed by atoms with Crippen LogP contribution in [0.5, 0.6) is 5.75 Å². The molecule has 2 aromatic carbocycles. The van der Waals surface area contributed by atoms with Gasteiger partial charge in [0.15, 0.2) is 6.61 Å². The average molecular weight is 448 g/mol. The van der Waals surface area contributed by atoms with Gasteiger partial charge >= 0.3 is 18.0 Å². The number of nitrogens with zero attached hydrogens (tertiary/aromatic N) is 1. The normalized spacial score (nSPS) is 11.0. The summed E-state index contributed by atoms with van der Waals surface area (Å²) in [5, 5.41) is 8.27. The third kappa shape index (κ3) is 7.94. The Morgan fingerprint density at radius 2 is 1.81 bits per heavy atom. The summed E-state index contributed by atoms with van der Waals surface area (Å²) < 4.78 is 43.6. The first kappa shape index (κ1) is 24.1. The molecular formula is C21H19F3N4O4. The molecule has 8 nitrogen and oxygen atoms in total. The van der Waals surface area contributed by atoms with Crippen LogP contribution in [0.25, 0.3) is 0 Å². The Kier molecular flexibility index (Phi) is 8.52. The van der Waals surface area contributed by atoms with Gasteiger partial charge in [-0.25, -0.2) is 5.43 Å². The molecule has 0 unspecified atom stereocenters. The van der Waals surface area contributed by atoms with E-state index >= 15 is 0 Å². The number of benzene rings is 2. The quantitative estimate of drug-likeness (QED) is 0.250. The van der Waals surface area contributed by atoms with Gasteiger partial charge in [0, 0.05) is 12.2 Å². The van der Waals surface area contributed by atoms with Gasteiger partial charge in [-0.05, 0) is 35.9 Å². The fraction of sp³-hybridized carbons (Fsp3) is 0.143. The highest BCUT2D eigenvalue weighted by Crippen LogP contribution is 2.30. The molecule has 11 heteroatoms. The number of halogens is 3. The van der Waals surface area contributed by atoms with E-state index in [-0.39, 0.29) is 18.0 Å². The van der Waals surface area contributed by atoms with Crippen LogP contribution in [0.3, 0.4) is 0 Å². The fourth-order valence-electron chi connectivity index (χ4n) is 2.27. The molecule has 0 aromatic heterocycles. The minimum Gasteiger partial charge on any atom is -0.484 e. The van der Waals surface area contributed by atoms with Crippen molar-refractivity contribution >= 4 is 29.6 Å². The maximum atomic E-state index is 12.7. The lowest BCUT2D eigenvalue weighted by Crippen LogP contribution is -2.37. The van der Waals surface area contributed by atoms with Gasteiger partial charge < -0.3 is 15.4 Å². The molecule has 0 bridgehead atoms. The first-order valence-electron chi connectivity index (χ1n) is 9.11. The van der Waals surface area contributed by atoms with Crippen LogP contribution in [0, 0.1) is 0 Å². The summed E-state index contributed by atoms with van der Waals surface area (Å²) in [5.41, 5.74) is 1.65. The number of alkyl halides is 3. The van der Waals surface area contributed by atoms with E-state index in [1.54, 1.807) is 18.2 Å². The van der Waals surface area contributed by atoms with Crippen LogP contribution in [0.2, 0.25) is 0 Å². The van der Waals surface area contributed by atoms with Gasteiger partial charge in [-0.3, -0.25) is 14.4 Å². The van der Waals surface area contributed by atoms with Crippen molar-refractivity contribution in [2.75, 3.05) is 18.5 Å². The number of hydrogen-bond donors (Lipinski definition) is 3. The third-order valence-electron chi connectivity index (χ3n) is 3.69. The lowest BCUT2D eigenvalue weighted by atomic mass is 10.2. The molecule has 3 N–H and O–H groups in total. The third-order valence-corrected chi connectivity index (χ3v) is 3.69. The van der Waals surface area contributed by atoms with Crippen LogP contribution >= 0.6 is 0 Å². The lowest BCUT2D eigenvalue weighted by Gasteiger charge is -2.10. The van der Waals surface area contributed by atoms with Crippen molar-refractivity contribution in [1.82, 2.24) is 10.7 Å². The predicted molar refractivity (Wildman–Crippen MR) is 111 cm³/mol. The first-order valence-corrected chi connectivity index (χ1v) is 9.11. The molecule has 0 heterocycles. The minimum atomic E-state index is -4.52. The van der Waals surface area contributed by atoms with E-state index in [4.69, 9.17) is 4.74 Å². The summed E-state index contributed by atoms with van der Waals surface area (Å²) in [5.74, 6) is -2.20. The zero-order chi connectivity index (χ0) is 23.6. The van der Waals surface area contributed by atoms with E-state index in [2.05, 4.69) is 27.7 Å². The molecule has 2 rings (SSSR count). The van der Waals surface area contributed by atoms with E-state index in [1.807, 2.05) is 0 Å². The smallest absolute Gasteiger partial charge is 0.416 e. The summed E-state index contributed by atoms with van der Waals surface area (Å²) in [6.45, 7) is 3.10. The molecule has 3 amide bonds. The number of hydrogen-bond acceptors (Lipinski definition) is 5. The maximum Gasteiger partial charge on any atom is 0.416 e. The Morgan fingerprint density at radius 3 is 2.53 bits per heavy atom. The SMILES string of the molecule is C=CCNC(=O)C(=O)N/N=C\c1cccc(OCC(=O)Nc2cccc(C(F)(F)F)c2)c1. The van der Waals surface area contributed by atoms with Crippen molar-refractivity contribution in [3.63, 3.8) is 0 Å². The standard InChI is InChI=1S/C21H19F3N4O4/c1-2-9-25-19(30)20(31)28-26-12-14-5-3-8-17(10-14)32-13-18(29)27-16-7-4-6-15(11-16)21(22,23)24/h2-8,10-12H,1,9,13H2,(H,25,30)(H,27,29)(H,28,31)/b26-12-. The van der Waals surface area contributed by atoms with Crippen molar-refractivity contribution in [1.29, 1.82) is 0 Å². The Balaban J connectivity index is 1.87. The molecule has 0 atom stereocenters. The van der Waals surface area contributed by atoms with Crippen LogP contribution in [0.15, 0.2) is 66.3 Å². The second kappa shape index (κ2) is 11.3. The molecule has 0 saturated carbocycles. The predicted octanol–water partition coefficient (Wildman–Crippen LogP) is 2.48. The van der Waals surface area contributed by atoms with Crippen LogP contribution < -0.4 is 20.8 Å². The van der Waals surface area contributed by atoms with E-state index < -0.39 is 36.1 Å². The van der Waals surface area contributed by atoms with Crippen molar-refractivity contribution in [3.8, 4) is 5.75 Å². The van der Waals surface area contributed by atoms with Gasteiger partial charge in [0.05, 0.1) is 11.8 Å². The molecule has 0 aliphatic carbocycles. The lowest BCUT2D eigenvalue weighted by molar-refractivity contribution is -0.139. The largest absolute Gasteiger partial charge is 0.484 e. The second-order valence-electron chi connectivity index (χ2n) is 6.19. The van der Waals surface area contributed by atoms with Crippen LogP contribution in [-0.2, 0) is 20.6 Å². The highest BCUT2D eigenvalue weighted by Gasteiger charge is 2.30. The summed E-state index contributed by atoms with van der Waals surface area (Å²) in [7, 11) is 0. The molecule has 2 aromatic rings. The van der Waals surface area contributed by atoms with Crippen molar-refractivity contribution in [2.45, 2.75) is 6.18 Å². The van der Waals surface area contributed by atoms with E-state index in [0.29, 0.717) is 5.56 Å². The number of hydrazone groups is 1. The second-order valence-corrected chi connectivity index (χ2v) is 6.19. The average Bonchev–Trinajstić information content (AvgIpc) is 2.76. The monoisotopic (exact) mass is 448 g/mol. The number of carbonyl (C=O) groups is 3. The summed E-state index contributed by atoms with van der Waals surface area (Å²) in [6.07, 6.45) is -1.85. The number of nitrogens with one attached hydrogen (secondary N) is 3. The van der Waals surface area contributed by atoms with Gasteiger partial charge in [0.2, 0.25) is 0 Å². The first-order chi connectivity index (χ1) is 15.2. The number of anilines is 1. The van der Waals surface area contributed by atoms with E-state index in [9.17, 15) is 27.6 Å². The Hall–Kier alpha value is -4.15. The van der Waals surface area contributed by atoms with Crippen LogP contribution in [-0.4, -0.2) is 37.1 Å². The molecule has 0 saturated heterocycles. The number of ether oxygens (including phenoxy) is 1. The summed E-state index contributed by atoms with van der Waals surface area (Å²) >= 11 is 0. The zero-order valence-corrected chi connectivity index (χ0v) is 16.6. The molecule has 0 spiro atoms. The van der Waals surface area contributed by atoms with Crippen LogP contribution in [0.1, 0.15) is 11.1 Å². The molecule has 0 aliphatic heterocycles. The topological polar surface area (TPSA) is 109 Å². The highest BCUT2D eigenvalue weighted by atomic mass is 19.4. The summed E-state index contributed by atoms with van der Waals surface area (Å²) in [4.78, 5) is 34.9. The Labute approximate surface area is 181 Å². The van der Waals surface area contributed by atoms with E-state index in [0.717, 1.165) is 12.1 Å². The van der Waals surface area contributed by atoms with Crippen molar-refractivity contribution in [2.24, 2.45) is 5.10 Å². The summed E-state index contributed by atoms with van der Waals surface area (Å²) in [6, 6.07) is 10.5. The molecular weight excluding hydrogens is 429 g/mol. The fourth-order valence-corrected chi connectivity index (χ4v) is 2.27. The van der Waals surface area contributed by atoms with Crippen molar-refractivity contribution < 1.29 is 32.3 Å². The van der Waals surface area contributed by atoms with Gasteiger partial charge in [0.1, 0.15) is 5.75 Å². The zero-order valence-electron chi connectivity index (χ0n) is 16.6. The molecule has 168 valence electrons. The van der Waals surface area contributed by atoms with Gasteiger partial charge in [-0.15, -0.1) is 6.58 Å².